The van der Waals surface area contributed by atoms with Crippen molar-refractivity contribution in [3.63, 3.8) is 0 Å². The van der Waals surface area contributed by atoms with Gasteiger partial charge in [-0.2, -0.15) is 0 Å². The fraction of sp³-hybridized carbons (Fsp3) is 0.800. The molecule has 0 aliphatic carbocycles. The highest BCUT2D eigenvalue weighted by molar-refractivity contribution is 4.83. The van der Waals surface area contributed by atoms with Gasteiger partial charge in [-0.05, 0) is 6.92 Å². The molecule has 2 rings (SSSR count). The molecule has 1 N–H and O–H groups in total. The average Bonchev–Trinajstić information content (AvgIpc) is 2.63. The Morgan fingerprint density at radius 3 is 2.88 bits per heavy atom. The topological polar surface area (TPSA) is 71.6 Å². The molecule has 1 aromatic rings. The number of hydrogen-bond donors (Lipinski definition) is 1. The van der Waals surface area contributed by atoms with E-state index in [4.69, 9.17) is 14.3 Å². The van der Waals surface area contributed by atoms with Crippen molar-refractivity contribution in [2.75, 3.05) is 19.7 Å². The summed E-state index contributed by atoms with van der Waals surface area (Å²) in [6, 6.07) is 0. The van der Waals surface area contributed by atoms with Gasteiger partial charge in [-0.3, -0.25) is 4.90 Å². The summed E-state index contributed by atoms with van der Waals surface area (Å²) in [6.45, 7) is 5.94. The predicted molar refractivity (Wildman–Crippen MR) is 55.7 cm³/mol. The van der Waals surface area contributed by atoms with Crippen LogP contribution in [0.15, 0.2) is 4.42 Å². The van der Waals surface area contributed by atoms with Crippen molar-refractivity contribution in [1.29, 1.82) is 0 Å². The molecule has 0 saturated carbocycles. The SMILES string of the molecule is Cc1nnc(CN2CC(C)OC(CO)C2)o1. The molecule has 6 heteroatoms. The lowest BCUT2D eigenvalue weighted by molar-refractivity contribution is -0.0986. The van der Waals surface area contributed by atoms with E-state index in [2.05, 4.69) is 15.1 Å². The second-order valence-corrected chi connectivity index (χ2v) is 4.16. The summed E-state index contributed by atoms with van der Waals surface area (Å²) in [5.74, 6) is 1.19. The molecule has 16 heavy (non-hydrogen) atoms. The summed E-state index contributed by atoms with van der Waals surface area (Å²) in [4.78, 5) is 2.15. The van der Waals surface area contributed by atoms with Gasteiger partial charge in [-0.1, -0.05) is 0 Å². The first kappa shape index (κ1) is 11.5. The molecule has 1 aromatic heterocycles. The third-order valence-corrected chi connectivity index (χ3v) is 2.53. The summed E-state index contributed by atoms with van der Waals surface area (Å²) in [5, 5.41) is 16.8. The molecule has 1 aliphatic rings. The number of morpholine rings is 1. The van der Waals surface area contributed by atoms with Crippen LogP contribution in [0.25, 0.3) is 0 Å². The van der Waals surface area contributed by atoms with Crippen molar-refractivity contribution in [3.05, 3.63) is 11.8 Å². The molecule has 0 amide bonds. The molecule has 2 atom stereocenters. The van der Waals surface area contributed by atoms with Gasteiger partial charge in [0.2, 0.25) is 11.8 Å². The van der Waals surface area contributed by atoms with Crippen LogP contribution in [0.2, 0.25) is 0 Å². The van der Waals surface area contributed by atoms with E-state index in [0.717, 1.165) is 6.54 Å². The quantitative estimate of drug-likeness (QED) is 0.781. The maximum Gasteiger partial charge on any atom is 0.230 e. The third kappa shape index (κ3) is 2.78. The van der Waals surface area contributed by atoms with E-state index in [1.165, 1.54) is 0 Å². The van der Waals surface area contributed by atoms with Crippen LogP contribution in [-0.2, 0) is 11.3 Å². The Bertz CT molecular complexity index is 342. The summed E-state index contributed by atoms with van der Waals surface area (Å²) in [5.41, 5.74) is 0. The van der Waals surface area contributed by atoms with E-state index in [9.17, 15) is 0 Å². The minimum atomic E-state index is -0.118. The number of rotatable bonds is 3. The molecule has 1 fully saturated rings. The van der Waals surface area contributed by atoms with Gasteiger partial charge < -0.3 is 14.3 Å². The summed E-state index contributed by atoms with van der Waals surface area (Å²) >= 11 is 0. The fourth-order valence-corrected chi connectivity index (χ4v) is 1.96. The number of aliphatic hydroxyl groups is 1. The van der Waals surface area contributed by atoms with Crippen molar-refractivity contribution in [2.24, 2.45) is 0 Å². The van der Waals surface area contributed by atoms with Crippen molar-refractivity contribution < 1.29 is 14.3 Å². The van der Waals surface area contributed by atoms with E-state index in [-0.39, 0.29) is 18.8 Å². The van der Waals surface area contributed by atoms with E-state index in [0.29, 0.717) is 24.9 Å². The standard InChI is InChI=1S/C10H17N3O3/c1-7-3-13(4-9(6-14)15-7)5-10-12-11-8(2)16-10/h7,9,14H,3-6H2,1-2H3. The average molecular weight is 227 g/mol. The summed E-state index contributed by atoms with van der Waals surface area (Å²) < 4.78 is 10.9. The number of nitrogens with zero attached hydrogens (tertiary/aromatic N) is 3. The van der Waals surface area contributed by atoms with Gasteiger partial charge in [-0.25, -0.2) is 0 Å². The molecule has 1 saturated heterocycles. The van der Waals surface area contributed by atoms with Gasteiger partial charge in [0.1, 0.15) is 0 Å². The molecule has 0 spiro atoms. The van der Waals surface area contributed by atoms with Gasteiger partial charge in [-0.15, -0.1) is 10.2 Å². The number of aryl methyl sites for hydroxylation is 1. The Balaban J connectivity index is 1.93. The van der Waals surface area contributed by atoms with Crippen LogP contribution in [0.5, 0.6) is 0 Å². The Hall–Kier alpha value is -0.980. The van der Waals surface area contributed by atoms with Crippen molar-refractivity contribution in [3.8, 4) is 0 Å². The Labute approximate surface area is 94.2 Å². The number of aromatic nitrogens is 2. The molecule has 2 unspecified atom stereocenters. The van der Waals surface area contributed by atoms with Gasteiger partial charge in [0.05, 0.1) is 25.4 Å². The molecule has 2 heterocycles. The van der Waals surface area contributed by atoms with Crippen molar-refractivity contribution >= 4 is 0 Å². The number of aliphatic hydroxyl groups excluding tert-OH is 1. The molecule has 0 radical (unpaired) electrons. The Kier molecular flexibility index (Phi) is 3.52. The van der Waals surface area contributed by atoms with Crippen molar-refractivity contribution in [1.82, 2.24) is 15.1 Å². The number of ether oxygens (including phenoxy) is 1. The minimum absolute atomic E-state index is 0.0453. The van der Waals surface area contributed by atoms with Crippen LogP contribution in [0, 0.1) is 6.92 Å². The first-order valence-corrected chi connectivity index (χ1v) is 5.45. The highest BCUT2D eigenvalue weighted by atomic mass is 16.5. The molecule has 90 valence electrons. The third-order valence-electron chi connectivity index (χ3n) is 2.53. The zero-order chi connectivity index (χ0) is 11.5. The first-order chi connectivity index (χ1) is 7.67. The highest BCUT2D eigenvalue weighted by Crippen LogP contribution is 2.13. The van der Waals surface area contributed by atoms with Gasteiger partial charge >= 0.3 is 0 Å². The van der Waals surface area contributed by atoms with E-state index in [1.54, 1.807) is 6.92 Å². The van der Waals surface area contributed by atoms with E-state index < -0.39 is 0 Å². The Morgan fingerprint density at radius 1 is 1.44 bits per heavy atom. The van der Waals surface area contributed by atoms with E-state index in [1.807, 2.05) is 6.92 Å². The zero-order valence-corrected chi connectivity index (χ0v) is 9.59. The predicted octanol–water partition coefficient (Wildman–Crippen LogP) is -0.0404. The van der Waals surface area contributed by atoms with E-state index >= 15 is 0 Å². The second-order valence-electron chi connectivity index (χ2n) is 4.16. The largest absolute Gasteiger partial charge is 0.424 e. The summed E-state index contributed by atoms with van der Waals surface area (Å²) in [7, 11) is 0. The molecular formula is C10H17N3O3. The maximum absolute atomic E-state index is 9.09. The molecule has 0 bridgehead atoms. The summed E-state index contributed by atoms with van der Waals surface area (Å²) in [6.07, 6.45) is 0.00249. The molecule has 6 nitrogen and oxygen atoms in total. The lowest BCUT2D eigenvalue weighted by atomic mass is 10.2. The van der Waals surface area contributed by atoms with Gasteiger partial charge in [0, 0.05) is 20.0 Å². The van der Waals surface area contributed by atoms with Crippen LogP contribution in [0.3, 0.4) is 0 Å². The van der Waals surface area contributed by atoms with Crippen LogP contribution in [0.4, 0.5) is 0 Å². The monoisotopic (exact) mass is 227 g/mol. The number of hydrogen-bond acceptors (Lipinski definition) is 6. The minimum Gasteiger partial charge on any atom is -0.424 e. The molecule has 0 aromatic carbocycles. The fourth-order valence-electron chi connectivity index (χ4n) is 1.96. The lowest BCUT2D eigenvalue weighted by Gasteiger charge is -2.35. The van der Waals surface area contributed by atoms with Gasteiger partial charge in [0.25, 0.3) is 0 Å². The van der Waals surface area contributed by atoms with Crippen LogP contribution < -0.4 is 0 Å². The van der Waals surface area contributed by atoms with Crippen LogP contribution in [-0.4, -0.2) is 52.1 Å². The van der Waals surface area contributed by atoms with Crippen LogP contribution >= 0.6 is 0 Å². The van der Waals surface area contributed by atoms with Crippen LogP contribution in [0.1, 0.15) is 18.7 Å². The maximum atomic E-state index is 9.09. The zero-order valence-electron chi connectivity index (χ0n) is 9.59. The first-order valence-electron chi connectivity index (χ1n) is 5.45. The van der Waals surface area contributed by atoms with Gasteiger partial charge in [0.15, 0.2) is 0 Å². The lowest BCUT2D eigenvalue weighted by Crippen LogP contribution is -2.47. The smallest absolute Gasteiger partial charge is 0.230 e. The second kappa shape index (κ2) is 4.90. The normalized spacial score (nSPS) is 27.2. The Morgan fingerprint density at radius 2 is 2.25 bits per heavy atom. The highest BCUT2D eigenvalue weighted by Gasteiger charge is 2.25. The molecular weight excluding hydrogens is 210 g/mol. The molecule has 1 aliphatic heterocycles. The van der Waals surface area contributed by atoms with Crippen molar-refractivity contribution in [2.45, 2.75) is 32.6 Å².